The highest BCUT2D eigenvalue weighted by atomic mass is 16.5. The lowest BCUT2D eigenvalue weighted by Crippen LogP contribution is -2.06. The van der Waals surface area contributed by atoms with E-state index in [0.717, 1.165) is 25.7 Å². The van der Waals surface area contributed by atoms with Gasteiger partial charge in [-0.1, -0.05) is 0 Å². The van der Waals surface area contributed by atoms with E-state index in [4.69, 9.17) is 9.47 Å². The van der Waals surface area contributed by atoms with E-state index >= 15 is 0 Å². The molecule has 18 heavy (non-hydrogen) atoms. The van der Waals surface area contributed by atoms with E-state index in [2.05, 4.69) is 23.7 Å². The van der Waals surface area contributed by atoms with Crippen LogP contribution in [0.2, 0.25) is 0 Å². The van der Waals surface area contributed by atoms with Gasteiger partial charge in [0.15, 0.2) is 13.2 Å². The van der Waals surface area contributed by atoms with Crippen LogP contribution in [0.1, 0.15) is 25.7 Å². The monoisotopic (exact) mass is 246 g/mol. The van der Waals surface area contributed by atoms with Crippen molar-refractivity contribution < 1.29 is 19.1 Å². The Morgan fingerprint density at radius 3 is 1.56 bits per heavy atom. The van der Waals surface area contributed by atoms with Gasteiger partial charge < -0.3 is 9.47 Å². The maximum atomic E-state index is 11.1. The van der Waals surface area contributed by atoms with Crippen molar-refractivity contribution >= 4 is 11.9 Å². The summed E-state index contributed by atoms with van der Waals surface area (Å²) in [4.78, 5) is 22.2. The Morgan fingerprint density at radius 2 is 1.22 bits per heavy atom. The molecule has 2 fully saturated rings. The number of carbonyl (C=O) groups is 2. The van der Waals surface area contributed by atoms with Gasteiger partial charge >= 0.3 is 11.9 Å². The molecule has 0 spiro atoms. The number of hydrogen-bond donors (Lipinski definition) is 0. The summed E-state index contributed by atoms with van der Waals surface area (Å²) < 4.78 is 9.77. The molecule has 0 aromatic carbocycles. The summed E-state index contributed by atoms with van der Waals surface area (Å²) in [5.74, 6) is 10.2. The number of esters is 2. The Kier molecular flexibility index (Phi) is 4.25. The Morgan fingerprint density at radius 1 is 0.833 bits per heavy atom. The normalized spacial score (nSPS) is 16.7. The van der Waals surface area contributed by atoms with Gasteiger partial charge in [0.05, 0.1) is 11.8 Å². The minimum atomic E-state index is -0.171. The lowest BCUT2D eigenvalue weighted by molar-refractivity contribution is -0.144. The van der Waals surface area contributed by atoms with E-state index < -0.39 is 0 Å². The highest BCUT2D eigenvalue weighted by Crippen LogP contribution is 2.30. The lowest BCUT2D eigenvalue weighted by Gasteiger charge is -1.95. The highest BCUT2D eigenvalue weighted by Gasteiger charge is 2.31. The molecule has 2 aliphatic rings. The van der Waals surface area contributed by atoms with Crippen LogP contribution >= 0.6 is 0 Å². The van der Waals surface area contributed by atoms with Gasteiger partial charge in [0.1, 0.15) is 0 Å². The van der Waals surface area contributed by atoms with Crippen molar-refractivity contribution in [3.8, 4) is 23.7 Å². The van der Waals surface area contributed by atoms with Crippen LogP contribution < -0.4 is 0 Å². The SMILES string of the molecule is O=C(OCC#CC#CCOC(=O)C1CC1)C1CC1. The first-order valence-corrected chi connectivity index (χ1v) is 6.06. The third-order valence-electron chi connectivity index (χ3n) is 2.63. The van der Waals surface area contributed by atoms with Gasteiger partial charge in [-0.25, -0.2) is 0 Å². The fraction of sp³-hybridized carbons (Fsp3) is 0.571. The molecule has 0 unspecified atom stereocenters. The molecule has 0 saturated heterocycles. The van der Waals surface area contributed by atoms with Crippen LogP contribution in [0, 0.1) is 35.5 Å². The molecule has 0 amide bonds. The second-order valence-corrected chi connectivity index (χ2v) is 4.37. The molecule has 0 radical (unpaired) electrons. The van der Waals surface area contributed by atoms with Crippen molar-refractivity contribution in [3.05, 3.63) is 0 Å². The average Bonchev–Trinajstić information content (AvgIpc) is 3.21. The van der Waals surface area contributed by atoms with Gasteiger partial charge in [-0.05, 0) is 49.4 Å². The zero-order valence-electron chi connectivity index (χ0n) is 10.0. The average molecular weight is 246 g/mol. The molecule has 94 valence electrons. The second kappa shape index (κ2) is 6.12. The largest absolute Gasteiger partial charge is 0.452 e. The molecule has 0 bridgehead atoms. The molecule has 0 atom stereocenters. The van der Waals surface area contributed by atoms with E-state index in [1.807, 2.05) is 0 Å². The van der Waals surface area contributed by atoms with Crippen LogP contribution in [0.4, 0.5) is 0 Å². The predicted octanol–water partition coefficient (Wildman–Crippen LogP) is 0.900. The number of hydrogen-bond acceptors (Lipinski definition) is 4. The van der Waals surface area contributed by atoms with Crippen LogP contribution in [0.15, 0.2) is 0 Å². The van der Waals surface area contributed by atoms with Gasteiger partial charge in [0, 0.05) is 0 Å². The lowest BCUT2D eigenvalue weighted by atomic mass is 10.4. The summed E-state index contributed by atoms with van der Waals surface area (Å²) in [5, 5.41) is 0. The van der Waals surface area contributed by atoms with Crippen LogP contribution in [-0.2, 0) is 19.1 Å². The molecular formula is C14H14O4. The van der Waals surface area contributed by atoms with Crippen LogP contribution in [0.25, 0.3) is 0 Å². The summed E-state index contributed by atoms with van der Waals surface area (Å²) in [6, 6.07) is 0. The molecule has 0 heterocycles. The van der Waals surface area contributed by atoms with Gasteiger partial charge in [-0.3, -0.25) is 9.59 Å². The first-order valence-electron chi connectivity index (χ1n) is 6.06. The molecule has 2 saturated carbocycles. The number of ether oxygens (including phenoxy) is 2. The first kappa shape index (κ1) is 12.5. The molecule has 2 aliphatic carbocycles. The molecule has 0 aromatic heterocycles. The van der Waals surface area contributed by atoms with E-state index in [-0.39, 0.29) is 37.0 Å². The highest BCUT2D eigenvalue weighted by molar-refractivity contribution is 5.75. The van der Waals surface area contributed by atoms with E-state index in [1.54, 1.807) is 0 Å². The fourth-order valence-corrected chi connectivity index (χ4v) is 1.25. The van der Waals surface area contributed by atoms with Crippen molar-refractivity contribution in [1.29, 1.82) is 0 Å². The standard InChI is InChI=1S/C14H14O4/c15-13(11-5-6-11)17-9-3-1-2-4-10-18-14(16)12-7-8-12/h11-12H,5-10H2. The maximum absolute atomic E-state index is 11.1. The van der Waals surface area contributed by atoms with Crippen molar-refractivity contribution in [3.63, 3.8) is 0 Å². The van der Waals surface area contributed by atoms with Gasteiger partial charge in [-0.15, -0.1) is 0 Å². The maximum Gasteiger partial charge on any atom is 0.309 e. The van der Waals surface area contributed by atoms with E-state index in [0.29, 0.717) is 0 Å². The van der Waals surface area contributed by atoms with Gasteiger partial charge in [0.25, 0.3) is 0 Å². The minimum absolute atomic E-state index is 0.0753. The third-order valence-corrected chi connectivity index (χ3v) is 2.63. The van der Waals surface area contributed by atoms with E-state index in [1.165, 1.54) is 0 Å². The van der Waals surface area contributed by atoms with E-state index in [9.17, 15) is 9.59 Å². The van der Waals surface area contributed by atoms with Crippen molar-refractivity contribution in [2.75, 3.05) is 13.2 Å². The van der Waals surface area contributed by atoms with Crippen molar-refractivity contribution in [2.24, 2.45) is 11.8 Å². The van der Waals surface area contributed by atoms with Crippen LogP contribution in [0.5, 0.6) is 0 Å². The fourth-order valence-electron chi connectivity index (χ4n) is 1.25. The summed E-state index contributed by atoms with van der Waals surface area (Å²) in [5.41, 5.74) is 0. The Balaban J connectivity index is 1.53. The zero-order valence-corrected chi connectivity index (χ0v) is 10.0. The Labute approximate surface area is 106 Å². The summed E-state index contributed by atoms with van der Waals surface area (Å²) in [7, 11) is 0. The number of rotatable bonds is 4. The van der Waals surface area contributed by atoms with Crippen molar-refractivity contribution in [1.82, 2.24) is 0 Å². The molecule has 2 rings (SSSR count). The summed E-state index contributed by atoms with van der Waals surface area (Å²) in [6.07, 6.45) is 3.72. The molecule has 0 aromatic rings. The van der Waals surface area contributed by atoms with Crippen LogP contribution in [-0.4, -0.2) is 25.2 Å². The molecular weight excluding hydrogens is 232 g/mol. The minimum Gasteiger partial charge on any atom is -0.452 e. The molecule has 4 heteroatoms. The Bertz CT molecular complexity index is 406. The summed E-state index contributed by atoms with van der Waals surface area (Å²) >= 11 is 0. The first-order chi connectivity index (χ1) is 8.77. The van der Waals surface area contributed by atoms with Gasteiger partial charge in [0.2, 0.25) is 0 Å². The topological polar surface area (TPSA) is 52.6 Å². The van der Waals surface area contributed by atoms with Gasteiger partial charge in [-0.2, -0.15) is 0 Å². The molecule has 0 aliphatic heterocycles. The quantitative estimate of drug-likeness (QED) is 0.546. The van der Waals surface area contributed by atoms with Crippen molar-refractivity contribution in [2.45, 2.75) is 25.7 Å². The smallest absolute Gasteiger partial charge is 0.309 e. The third kappa shape index (κ3) is 4.51. The predicted molar refractivity (Wildman–Crippen MR) is 62.9 cm³/mol. The molecule has 4 nitrogen and oxygen atoms in total. The molecule has 0 N–H and O–H groups in total. The zero-order chi connectivity index (χ0) is 12.8. The summed E-state index contributed by atoms with van der Waals surface area (Å²) in [6.45, 7) is 0.151. The number of carbonyl (C=O) groups excluding carboxylic acids is 2. The van der Waals surface area contributed by atoms with Crippen LogP contribution in [0.3, 0.4) is 0 Å². The second-order valence-electron chi connectivity index (χ2n) is 4.37. The Hall–Kier alpha value is -1.94.